The average molecular weight is 350 g/mol. The van der Waals surface area contributed by atoms with Gasteiger partial charge in [-0.05, 0) is 24.6 Å². The highest BCUT2D eigenvalue weighted by Crippen LogP contribution is 2.21. The lowest BCUT2D eigenvalue weighted by Gasteiger charge is -2.41. The summed E-state index contributed by atoms with van der Waals surface area (Å²) in [5.74, 6) is 0.790. The summed E-state index contributed by atoms with van der Waals surface area (Å²) in [4.78, 5) is 20.7. The first-order valence-electron chi connectivity index (χ1n) is 7.95. The van der Waals surface area contributed by atoms with Gasteiger partial charge in [-0.15, -0.1) is 0 Å². The van der Waals surface area contributed by atoms with Gasteiger partial charge in [-0.1, -0.05) is 11.6 Å². The lowest BCUT2D eigenvalue weighted by molar-refractivity contribution is 0.0373. The maximum atomic E-state index is 12.7. The van der Waals surface area contributed by atoms with E-state index in [2.05, 4.69) is 9.88 Å². The molecule has 1 amide bonds. The second kappa shape index (κ2) is 7.79. The Kier molecular flexibility index (Phi) is 5.50. The number of furan rings is 1. The van der Waals surface area contributed by atoms with Crippen molar-refractivity contribution >= 4 is 17.5 Å². The molecule has 0 spiro atoms. The molecule has 6 nitrogen and oxygen atoms in total. The largest absolute Gasteiger partial charge is 0.468 e. The van der Waals surface area contributed by atoms with Gasteiger partial charge in [0.2, 0.25) is 0 Å². The summed E-state index contributed by atoms with van der Waals surface area (Å²) in [6.45, 7) is 2.64. The normalized spacial score (nSPS) is 18.8. The van der Waals surface area contributed by atoms with Crippen LogP contribution in [0.3, 0.4) is 0 Å². The molecule has 2 aromatic rings. The van der Waals surface area contributed by atoms with E-state index >= 15 is 0 Å². The highest BCUT2D eigenvalue weighted by atomic mass is 35.5. The highest BCUT2D eigenvalue weighted by molar-refractivity contribution is 6.33. The van der Waals surface area contributed by atoms with Crippen LogP contribution in [0.1, 0.15) is 22.5 Å². The standard InChI is InChI=1S/C17H20ClN3O3/c18-16-10-19-5-3-15(16)17(23)21-7-6-20(13(11-21)4-8-22)12-14-2-1-9-24-14/h1-3,5,9-10,13,22H,4,6-8,11-12H2/t13-/m0/s1. The summed E-state index contributed by atoms with van der Waals surface area (Å²) < 4.78 is 5.41. The molecule has 1 atom stereocenters. The number of halogens is 1. The van der Waals surface area contributed by atoms with Gasteiger partial charge in [-0.3, -0.25) is 14.7 Å². The summed E-state index contributed by atoms with van der Waals surface area (Å²) in [7, 11) is 0. The van der Waals surface area contributed by atoms with Gasteiger partial charge in [0.1, 0.15) is 5.76 Å². The minimum atomic E-state index is -0.0945. The number of carbonyl (C=O) groups excluding carboxylic acids is 1. The first-order valence-corrected chi connectivity index (χ1v) is 8.33. The number of rotatable bonds is 5. The Bertz CT molecular complexity index is 677. The van der Waals surface area contributed by atoms with Crippen molar-refractivity contribution in [2.75, 3.05) is 26.2 Å². The molecule has 2 aromatic heterocycles. The maximum absolute atomic E-state index is 12.7. The summed E-state index contributed by atoms with van der Waals surface area (Å²) in [5.41, 5.74) is 0.467. The molecule has 3 rings (SSSR count). The van der Waals surface area contributed by atoms with Crippen LogP contribution in [0.5, 0.6) is 0 Å². The van der Waals surface area contributed by atoms with Crippen molar-refractivity contribution in [1.29, 1.82) is 0 Å². The smallest absolute Gasteiger partial charge is 0.255 e. The molecule has 0 saturated carbocycles. The van der Waals surface area contributed by atoms with Crippen LogP contribution >= 0.6 is 11.6 Å². The Morgan fingerprint density at radius 3 is 3.00 bits per heavy atom. The molecule has 0 aromatic carbocycles. The summed E-state index contributed by atoms with van der Waals surface area (Å²) >= 11 is 6.09. The molecular formula is C17H20ClN3O3. The lowest BCUT2D eigenvalue weighted by Crippen LogP contribution is -2.54. The number of carbonyl (C=O) groups is 1. The van der Waals surface area contributed by atoms with Crippen molar-refractivity contribution in [2.24, 2.45) is 0 Å². The molecule has 1 fully saturated rings. The zero-order chi connectivity index (χ0) is 16.9. The number of aliphatic hydroxyl groups excluding tert-OH is 1. The molecule has 128 valence electrons. The number of aromatic nitrogens is 1. The first-order chi connectivity index (χ1) is 11.7. The molecule has 0 aliphatic carbocycles. The third-order valence-electron chi connectivity index (χ3n) is 4.30. The fourth-order valence-corrected chi connectivity index (χ4v) is 3.23. The Labute approximate surface area is 145 Å². The number of aliphatic hydroxyl groups is 1. The Balaban J connectivity index is 1.70. The first kappa shape index (κ1) is 17.0. The third kappa shape index (κ3) is 3.77. The number of amides is 1. The van der Waals surface area contributed by atoms with E-state index < -0.39 is 0 Å². The van der Waals surface area contributed by atoms with Crippen LogP contribution in [0.25, 0.3) is 0 Å². The monoisotopic (exact) mass is 349 g/mol. The quantitative estimate of drug-likeness (QED) is 0.894. The minimum absolute atomic E-state index is 0.0807. The molecule has 1 aliphatic rings. The zero-order valence-corrected chi connectivity index (χ0v) is 14.0. The average Bonchev–Trinajstić information content (AvgIpc) is 3.09. The van der Waals surface area contributed by atoms with Crippen LogP contribution in [-0.2, 0) is 6.54 Å². The number of piperazine rings is 1. The molecule has 1 saturated heterocycles. The molecule has 0 radical (unpaired) electrons. The van der Waals surface area contributed by atoms with E-state index in [4.69, 9.17) is 16.0 Å². The van der Waals surface area contributed by atoms with Crippen LogP contribution < -0.4 is 0 Å². The van der Waals surface area contributed by atoms with E-state index in [0.717, 1.165) is 12.3 Å². The van der Waals surface area contributed by atoms with Crippen molar-refractivity contribution in [3.8, 4) is 0 Å². The van der Waals surface area contributed by atoms with E-state index in [1.165, 1.54) is 6.20 Å². The second-order valence-corrected chi connectivity index (χ2v) is 6.23. The van der Waals surface area contributed by atoms with Crippen LogP contribution in [0.4, 0.5) is 0 Å². The van der Waals surface area contributed by atoms with Gasteiger partial charge in [0.25, 0.3) is 5.91 Å². The van der Waals surface area contributed by atoms with Crippen molar-refractivity contribution in [3.05, 3.63) is 53.2 Å². The van der Waals surface area contributed by atoms with Crippen LogP contribution in [0.15, 0.2) is 41.3 Å². The SMILES string of the molecule is O=C(c1ccncc1Cl)N1CCN(Cc2ccco2)[C@@H](CCO)C1. The van der Waals surface area contributed by atoms with E-state index in [9.17, 15) is 9.90 Å². The molecular weight excluding hydrogens is 330 g/mol. The van der Waals surface area contributed by atoms with Gasteiger partial charge in [-0.2, -0.15) is 0 Å². The Morgan fingerprint density at radius 1 is 1.42 bits per heavy atom. The molecule has 7 heteroatoms. The van der Waals surface area contributed by atoms with Gasteiger partial charge >= 0.3 is 0 Å². The van der Waals surface area contributed by atoms with Gasteiger partial charge in [0.15, 0.2) is 0 Å². The van der Waals surface area contributed by atoms with Gasteiger partial charge < -0.3 is 14.4 Å². The number of hydrogen-bond acceptors (Lipinski definition) is 5. The van der Waals surface area contributed by atoms with Crippen LogP contribution in [0.2, 0.25) is 5.02 Å². The van der Waals surface area contributed by atoms with Crippen molar-refractivity contribution in [1.82, 2.24) is 14.8 Å². The van der Waals surface area contributed by atoms with E-state index in [1.807, 2.05) is 12.1 Å². The van der Waals surface area contributed by atoms with Gasteiger partial charge in [0, 0.05) is 44.7 Å². The van der Waals surface area contributed by atoms with Crippen molar-refractivity contribution in [3.63, 3.8) is 0 Å². The summed E-state index contributed by atoms with van der Waals surface area (Å²) in [6, 6.07) is 5.52. The molecule has 24 heavy (non-hydrogen) atoms. The van der Waals surface area contributed by atoms with Gasteiger partial charge in [0.05, 0.1) is 23.4 Å². The summed E-state index contributed by atoms with van der Waals surface area (Å²) in [6.07, 6.45) is 5.31. The van der Waals surface area contributed by atoms with Crippen LogP contribution in [0, 0.1) is 0 Å². The van der Waals surface area contributed by atoms with Gasteiger partial charge in [-0.25, -0.2) is 0 Å². The van der Waals surface area contributed by atoms with E-state index in [0.29, 0.717) is 36.6 Å². The fraction of sp³-hybridized carbons (Fsp3) is 0.412. The predicted octanol–water partition coefficient (Wildman–Crippen LogP) is 2.04. The topological polar surface area (TPSA) is 69.8 Å². The number of hydrogen-bond donors (Lipinski definition) is 1. The fourth-order valence-electron chi connectivity index (χ4n) is 3.03. The molecule has 1 N–H and O–H groups in total. The number of pyridine rings is 1. The zero-order valence-electron chi connectivity index (χ0n) is 13.3. The molecule has 3 heterocycles. The minimum Gasteiger partial charge on any atom is -0.468 e. The third-order valence-corrected chi connectivity index (χ3v) is 4.60. The lowest BCUT2D eigenvalue weighted by atomic mass is 10.1. The Hall–Kier alpha value is -1.89. The maximum Gasteiger partial charge on any atom is 0.255 e. The molecule has 0 bridgehead atoms. The van der Waals surface area contributed by atoms with E-state index in [-0.39, 0.29) is 18.6 Å². The second-order valence-electron chi connectivity index (χ2n) is 5.82. The predicted molar refractivity (Wildman–Crippen MR) is 89.8 cm³/mol. The number of nitrogens with zero attached hydrogens (tertiary/aromatic N) is 3. The Morgan fingerprint density at radius 2 is 2.29 bits per heavy atom. The van der Waals surface area contributed by atoms with E-state index in [1.54, 1.807) is 23.4 Å². The molecule has 1 aliphatic heterocycles. The van der Waals surface area contributed by atoms with Crippen molar-refractivity contribution < 1.29 is 14.3 Å². The highest BCUT2D eigenvalue weighted by Gasteiger charge is 2.30. The van der Waals surface area contributed by atoms with Crippen LogP contribution in [-0.4, -0.2) is 58.1 Å². The molecule has 0 unspecified atom stereocenters. The van der Waals surface area contributed by atoms with Crippen molar-refractivity contribution in [2.45, 2.75) is 19.0 Å². The summed E-state index contributed by atoms with van der Waals surface area (Å²) in [5, 5.41) is 9.73.